The van der Waals surface area contributed by atoms with E-state index in [1.165, 1.54) is 21.9 Å². The van der Waals surface area contributed by atoms with Crippen LogP contribution in [-0.4, -0.2) is 19.5 Å². The van der Waals surface area contributed by atoms with Gasteiger partial charge in [-0.1, -0.05) is 133 Å². The van der Waals surface area contributed by atoms with E-state index in [0.29, 0.717) is 17.5 Å². The fourth-order valence-corrected chi connectivity index (χ4v) is 7.10. The van der Waals surface area contributed by atoms with Gasteiger partial charge in [-0.15, -0.1) is 0 Å². The van der Waals surface area contributed by atoms with Crippen molar-refractivity contribution in [2.75, 3.05) is 0 Å². The molecule has 0 aliphatic rings. The lowest BCUT2D eigenvalue weighted by atomic mass is 10.0. The minimum absolute atomic E-state index is 0.590. The van der Waals surface area contributed by atoms with Crippen molar-refractivity contribution in [3.05, 3.63) is 170 Å². The van der Waals surface area contributed by atoms with Gasteiger partial charge in [-0.2, -0.15) is 0 Å². The Morgan fingerprint density at radius 2 is 0.920 bits per heavy atom. The summed E-state index contributed by atoms with van der Waals surface area (Å²) in [6.07, 6.45) is 0. The summed E-state index contributed by atoms with van der Waals surface area (Å²) in [6.45, 7) is 0. The highest BCUT2D eigenvalue weighted by Gasteiger charge is 2.22. The van der Waals surface area contributed by atoms with Crippen LogP contribution in [0.1, 0.15) is 0 Å². The Bertz CT molecular complexity index is 2800. The molecule has 0 aliphatic heterocycles. The van der Waals surface area contributed by atoms with Gasteiger partial charge in [-0.25, -0.2) is 15.0 Å². The summed E-state index contributed by atoms with van der Waals surface area (Å²) in [5.74, 6) is 1.83. The lowest BCUT2D eigenvalue weighted by Gasteiger charge is -2.15. The van der Waals surface area contributed by atoms with Gasteiger partial charge in [0, 0.05) is 44.3 Å². The summed E-state index contributed by atoms with van der Waals surface area (Å²) >= 11 is 0. The Balaban J connectivity index is 1.31. The quantitative estimate of drug-likeness (QED) is 0.188. The maximum absolute atomic E-state index is 6.50. The second kappa shape index (κ2) is 11.4. The molecular formula is C45H28N4O. The average Bonchev–Trinajstić information content (AvgIpc) is 3.73. The molecule has 5 nitrogen and oxygen atoms in total. The van der Waals surface area contributed by atoms with Crippen LogP contribution in [0, 0.1) is 0 Å². The standard InChI is InChI=1S/C45H28N4O/c1-4-14-29(15-5-1)32-24-25-39-35(26-32)33-20-10-12-22-38(33)49(39)40-28-42-36(34-21-11-13-23-41(34)50-42)27-37(40)45-47-43(30-16-6-2-7-17-30)46-44(48-45)31-18-8-3-9-19-31/h1-28H. The van der Waals surface area contributed by atoms with Crippen LogP contribution in [0.25, 0.3) is 94.7 Å². The number of rotatable bonds is 5. The van der Waals surface area contributed by atoms with Gasteiger partial charge in [-0.3, -0.25) is 0 Å². The molecule has 3 aromatic heterocycles. The Labute approximate surface area is 287 Å². The molecule has 0 radical (unpaired) electrons. The van der Waals surface area contributed by atoms with Gasteiger partial charge in [0.05, 0.1) is 16.7 Å². The lowest BCUT2D eigenvalue weighted by Crippen LogP contribution is -2.03. The summed E-state index contributed by atoms with van der Waals surface area (Å²) in [7, 11) is 0. The molecule has 0 spiro atoms. The van der Waals surface area contributed by atoms with Crippen molar-refractivity contribution in [2.24, 2.45) is 0 Å². The van der Waals surface area contributed by atoms with E-state index in [-0.39, 0.29) is 0 Å². The van der Waals surface area contributed by atoms with Gasteiger partial charge in [0.15, 0.2) is 17.5 Å². The van der Waals surface area contributed by atoms with Crippen molar-refractivity contribution in [1.29, 1.82) is 0 Å². The summed E-state index contributed by atoms with van der Waals surface area (Å²) in [5, 5.41) is 4.39. The Hall–Kier alpha value is -6.85. The van der Waals surface area contributed by atoms with Crippen LogP contribution in [0.2, 0.25) is 0 Å². The fraction of sp³-hybridized carbons (Fsp3) is 0. The highest BCUT2D eigenvalue weighted by atomic mass is 16.3. The number of hydrogen-bond acceptors (Lipinski definition) is 4. The molecule has 0 bridgehead atoms. The van der Waals surface area contributed by atoms with Gasteiger partial charge in [0.25, 0.3) is 0 Å². The Morgan fingerprint density at radius 3 is 1.62 bits per heavy atom. The molecule has 3 heterocycles. The fourth-order valence-electron chi connectivity index (χ4n) is 7.10. The average molecular weight is 641 g/mol. The first-order valence-corrected chi connectivity index (χ1v) is 16.7. The maximum atomic E-state index is 6.50. The van der Waals surface area contributed by atoms with Gasteiger partial charge in [-0.05, 0) is 41.5 Å². The first-order chi connectivity index (χ1) is 24.8. The molecule has 0 N–H and O–H groups in total. The number of furan rings is 1. The van der Waals surface area contributed by atoms with Crippen LogP contribution in [0.15, 0.2) is 174 Å². The van der Waals surface area contributed by atoms with Gasteiger partial charge in [0.2, 0.25) is 0 Å². The van der Waals surface area contributed by atoms with Crippen molar-refractivity contribution < 1.29 is 4.42 Å². The Kier molecular flexibility index (Phi) is 6.42. The van der Waals surface area contributed by atoms with E-state index in [9.17, 15) is 0 Å². The second-order valence-corrected chi connectivity index (χ2v) is 12.5. The number of aromatic nitrogens is 4. The molecule has 50 heavy (non-hydrogen) atoms. The summed E-state index contributed by atoms with van der Waals surface area (Å²) < 4.78 is 8.83. The highest BCUT2D eigenvalue weighted by Crippen LogP contribution is 2.41. The maximum Gasteiger partial charge on any atom is 0.166 e. The first kappa shape index (κ1) is 28.2. The summed E-state index contributed by atoms with van der Waals surface area (Å²) in [5.41, 5.74) is 9.84. The lowest BCUT2D eigenvalue weighted by molar-refractivity contribution is 0.668. The smallest absolute Gasteiger partial charge is 0.166 e. The van der Waals surface area contributed by atoms with Crippen molar-refractivity contribution in [3.8, 4) is 51.0 Å². The zero-order valence-electron chi connectivity index (χ0n) is 26.9. The highest BCUT2D eigenvalue weighted by molar-refractivity contribution is 6.12. The normalized spacial score (nSPS) is 11.6. The molecule has 234 valence electrons. The molecule has 0 amide bonds. The van der Waals surface area contributed by atoms with E-state index in [4.69, 9.17) is 19.4 Å². The van der Waals surface area contributed by atoms with Crippen molar-refractivity contribution in [3.63, 3.8) is 0 Å². The number of hydrogen-bond donors (Lipinski definition) is 0. The third kappa shape index (κ3) is 4.60. The van der Waals surface area contributed by atoms with Crippen LogP contribution in [0.4, 0.5) is 0 Å². The molecule has 10 rings (SSSR count). The van der Waals surface area contributed by atoms with Gasteiger partial charge < -0.3 is 8.98 Å². The van der Waals surface area contributed by atoms with Crippen molar-refractivity contribution in [1.82, 2.24) is 19.5 Å². The van der Waals surface area contributed by atoms with Crippen LogP contribution in [0.3, 0.4) is 0 Å². The minimum Gasteiger partial charge on any atom is -0.456 e. The van der Waals surface area contributed by atoms with Gasteiger partial charge >= 0.3 is 0 Å². The number of nitrogens with zero attached hydrogens (tertiary/aromatic N) is 4. The van der Waals surface area contributed by atoms with E-state index >= 15 is 0 Å². The number of fused-ring (bicyclic) bond motifs is 6. The predicted molar refractivity (Wildman–Crippen MR) is 203 cm³/mol. The molecule has 7 aromatic carbocycles. The SMILES string of the molecule is c1ccc(-c2ccc3c(c2)c2ccccc2n3-c2cc3oc4ccccc4c3cc2-c2nc(-c3ccccc3)nc(-c3ccccc3)n2)cc1. The molecule has 10 aromatic rings. The minimum atomic E-state index is 0.590. The summed E-state index contributed by atoms with van der Waals surface area (Å²) in [6, 6.07) is 58.6. The van der Waals surface area contributed by atoms with E-state index in [2.05, 4.69) is 95.6 Å². The van der Waals surface area contributed by atoms with E-state index in [1.807, 2.05) is 78.9 Å². The second-order valence-electron chi connectivity index (χ2n) is 12.5. The van der Waals surface area contributed by atoms with E-state index in [0.717, 1.165) is 55.3 Å². The third-order valence-electron chi connectivity index (χ3n) is 9.46. The number of benzene rings is 7. The Morgan fingerprint density at radius 1 is 0.360 bits per heavy atom. The molecule has 0 aliphatic carbocycles. The molecule has 0 saturated carbocycles. The monoisotopic (exact) mass is 640 g/mol. The first-order valence-electron chi connectivity index (χ1n) is 16.7. The zero-order chi connectivity index (χ0) is 33.0. The molecule has 0 unspecified atom stereocenters. The largest absolute Gasteiger partial charge is 0.456 e. The summed E-state index contributed by atoms with van der Waals surface area (Å²) in [4.78, 5) is 15.4. The third-order valence-corrected chi connectivity index (χ3v) is 9.46. The van der Waals surface area contributed by atoms with Crippen molar-refractivity contribution >= 4 is 43.7 Å². The van der Waals surface area contributed by atoms with Crippen LogP contribution < -0.4 is 0 Å². The van der Waals surface area contributed by atoms with Crippen LogP contribution in [0.5, 0.6) is 0 Å². The zero-order valence-corrected chi connectivity index (χ0v) is 26.9. The molecule has 0 fully saturated rings. The topological polar surface area (TPSA) is 56.7 Å². The van der Waals surface area contributed by atoms with Crippen LogP contribution >= 0.6 is 0 Å². The molecular weight excluding hydrogens is 613 g/mol. The predicted octanol–water partition coefficient (Wildman–Crippen LogP) is 11.5. The molecule has 0 atom stereocenters. The van der Waals surface area contributed by atoms with Gasteiger partial charge in [0.1, 0.15) is 11.2 Å². The van der Waals surface area contributed by atoms with Crippen LogP contribution in [-0.2, 0) is 0 Å². The van der Waals surface area contributed by atoms with E-state index < -0.39 is 0 Å². The van der Waals surface area contributed by atoms with Crippen molar-refractivity contribution in [2.45, 2.75) is 0 Å². The van der Waals surface area contributed by atoms with E-state index in [1.54, 1.807) is 0 Å². The number of para-hydroxylation sites is 2. The molecule has 5 heteroatoms. The molecule has 0 saturated heterocycles.